The van der Waals surface area contributed by atoms with Gasteiger partial charge in [0.05, 0.1) is 0 Å². The summed E-state index contributed by atoms with van der Waals surface area (Å²) in [5.74, 6) is 0.700. The van der Waals surface area contributed by atoms with Crippen molar-refractivity contribution in [3.05, 3.63) is 24.3 Å². The second kappa shape index (κ2) is 6.10. The maximum Gasteiger partial charge on any atom is 0.241 e. The maximum absolute atomic E-state index is 11.9. The SMILES string of the molecule is O=C(CCl)N(CC1CCCC1)c1ccc(O)cc1. The van der Waals surface area contributed by atoms with Crippen molar-refractivity contribution in [1.82, 2.24) is 0 Å². The Bertz CT molecular complexity index is 399. The topological polar surface area (TPSA) is 40.5 Å². The summed E-state index contributed by atoms with van der Waals surface area (Å²) in [6.45, 7) is 0.732. The van der Waals surface area contributed by atoms with Gasteiger partial charge in [-0.05, 0) is 43.0 Å². The van der Waals surface area contributed by atoms with Crippen LogP contribution in [0.1, 0.15) is 25.7 Å². The molecule has 1 fully saturated rings. The zero-order valence-electron chi connectivity index (χ0n) is 10.3. The number of amides is 1. The van der Waals surface area contributed by atoms with Crippen LogP contribution in [0, 0.1) is 5.92 Å². The lowest BCUT2D eigenvalue weighted by Crippen LogP contribution is -2.35. The van der Waals surface area contributed by atoms with Crippen LogP contribution in [0.5, 0.6) is 5.75 Å². The maximum atomic E-state index is 11.9. The predicted molar refractivity (Wildman–Crippen MR) is 73.1 cm³/mol. The molecular formula is C14H18ClNO2. The van der Waals surface area contributed by atoms with Crippen molar-refractivity contribution >= 4 is 23.2 Å². The number of halogens is 1. The van der Waals surface area contributed by atoms with Gasteiger partial charge >= 0.3 is 0 Å². The Morgan fingerprint density at radius 1 is 1.28 bits per heavy atom. The molecule has 1 N–H and O–H groups in total. The van der Waals surface area contributed by atoms with Gasteiger partial charge < -0.3 is 10.0 Å². The fourth-order valence-electron chi connectivity index (χ4n) is 2.51. The smallest absolute Gasteiger partial charge is 0.241 e. The minimum Gasteiger partial charge on any atom is -0.508 e. The monoisotopic (exact) mass is 267 g/mol. The van der Waals surface area contributed by atoms with Gasteiger partial charge in [0.1, 0.15) is 11.6 Å². The predicted octanol–water partition coefficient (Wildman–Crippen LogP) is 3.15. The number of hydrogen-bond donors (Lipinski definition) is 1. The standard InChI is InChI=1S/C14H18ClNO2/c15-9-14(18)16(10-11-3-1-2-4-11)12-5-7-13(17)8-6-12/h5-8,11,17H,1-4,9-10H2. The molecule has 1 aromatic carbocycles. The van der Waals surface area contributed by atoms with Crippen molar-refractivity contribution in [2.24, 2.45) is 5.92 Å². The van der Waals surface area contributed by atoms with Crippen LogP contribution in [-0.2, 0) is 4.79 Å². The zero-order chi connectivity index (χ0) is 13.0. The lowest BCUT2D eigenvalue weighted by Gasteiger charge is -2.25. The van der Waals surface area contributed by atoms with Crippen molar-refractivity contribution in [2.75, 3.05) is 17.3 Å². The van der Waals surface area contributed by atoms with Crippen molar-refractivity contribution in [3.63, 3.8) is 0 Å². The van der Waals surface area contributed by atoms with Crippen LogP contribution in [0.3, 0.4) is 0 Å². The van der Waals surface area contributed by atoms with Gasteiger partial charge in [0.2, 0.25) is 5.91 Å². The summed E-state index contributed by atoms with van der Waals surface area (Å²) in [4.78, 5) is 13.7. The molecule has 1 amide bonds. The first-order valence-electron chi connectivity index (χ1n) is 6.36. The number of phenolic OH excluding ortho intramolecular Hbond substituents is 1. The largest absolute Gasteiger partial charge is 0.508 e. The zero-order valence-corrected chi connectivity index (χ0v) is 11.1. The molecule has 98 valence electrons. The number of alkyl halides is 1. The molecule has 0 saturated heterocycles. The molecule has 1 aromatic rings. The lowest BCUT2D eigenvalue weighted by molar-refractivity contribution is -0.116. The number of carbonyl (C=O) groups is 1. The van der Waals surface area contributed by atoms with Gasteiger partial charge in [-0.15, -0.1) is 11.6 Å². The molecule has 0 radical (unpaired) electrons. The number of hydrogen-bond acceptors (Lipinski definition) is 2. The van der Waals surface area contributed by atoms with E-state index in [1.807, 2.05) is 0 Å². The average molecular weight is 268 g/mol. The number of anilines is 1. The summed E-state index contributed by atoms with van der Waals surface area (Å²) in [5, 5.41) is 9.29. The first kappa shape index (κ1) is 13.2. The van der Waals surface area contributed by atoms with Crippen molar-refractivity contribution < 1.29 is 9.90 Å². The fourth-order valence-corrected chi connectivity index (χ4v) is 2.65. The van der Waals surface area contributed by atoms with Crippen LogP contribution >= 0.6 is 11.6 Å². The van der Waals surface area contributed by atoms with Gasteiger partial charge in [-0.1, -0.05) is 12.8 Å². The van der Waals surface area contributed by atoms with Crippen LogP contribution in [0.2, 0.25) is 0 Å². The highest BCUT2D eigenvalue weighted by Crippen LogP contribution is 2.28. The van der Waals surface area contributed by atoms with E-state index in [4.69, 9.17) is 11.6 Å². The number of benzene rings is 1. The van der Waals surface area contributed by atoms with E-state index >= 15 is 0 Å². The van der Waals surface area contributed by atoms with Gasteiger partial charge in [-0.2, -0.15) is 0 Å². The van der Waals surface area contributed by atoms with Gasteiger partial charge in [-0.3, -0.25) is 4.79 Å². The third kappa shape index (κ3) is 3.16. The van der Waals surface area contributed by atoms with E-state index in [-0.39, 0.29) is 17.5 Å². The molecule has 3 nitrogen and oxygen atoms in total. The molecule has 0 atom stereocenters. The number of carbonyl (C=O) groups excluding carboxylic acids is 1. The third-order valence-corrected chi connectivity index (χ3v) is 3.72. The van der Waals surface area contributed by atoms with E-state index in [2.05, 4.69) is 0 Å². The van der Waals surface area contributed by atoms with Crippen molar-refractivity contribution in [3.8, 4) is 5.75 Å². The van der Waals surface area contributed by atoms with E-state index in [1.54, 1.807) is 29.2 Å². The Morgan fingerprint density at radius 2 is 1.89 bits per heavy atom. The van der Waals surface area contributed by atoms with Crippen LogP contribution in [0.25, 0.3) is 0 Å². The van der Waals surface area contributed by atoms with Gasteiger partial charge in [0.15, 0.2) is 0 Å². The molecule has 1 aliphatic rings. The quantitative estimate of drug-likeness (QED) is 0.852. The summed E-state index contributed by atoms with van der Waals surface area (Å²) in [5.41, 5.74) is 0.811. The Hall–Kier alpha value is -1.22. The van der Waals surface area contributed by atoms with Crippen LogP contribution < -0.4 is 4.90 Å². The Kier molecular flexibility index (Phi) is 4.48. The van der Waals surface area contributed by atoms with Gasteiger partial charge in [0.25, 0.3) is 0 Å². The summed E-state index contributed by atoms with van der Waals surface area (Å²) in [6.07, 6.45) is 4.88. The number of aromatic hydroxyl groups is 1. The Balaban J connectivity index is 2.13. The molecule has 4 heteroatoms. The Labute approximate surface area is 112 Å². The van der Waals surface area contributed by atoms with E-state index in [0.717, 1.165) is 12.2 Å². The number of rotatable bonds is 4. The van der Waals surface area contributed by atoms with E-state index < -0.39 is 0 Å². The molecule has 0 bridgehead atoms. The third-order valence-electron chi connectivity index (χ3n) is 3.49. The molecule has 18 heavy (non-hydrogen) atoms. The summed E-state index contributed by atoms with van der Waals surface area (Å²) in [7, 11) is 0. The van der Waals surface area contributed by atoms with Crippen LogP contribution in [0.4, 0.5) is 5.69 Å². The molecule has 0 aliphatic heterocycles. The normalized spacial score (nSPS) is 15.8. The molecule has 0 unspecified atom stereocenters. The number of nitrogens with zero attached hydrogens (tertiary/aromatic N) is 1. The first-order valence-corrected chi connectivity index (χ1v) is 6.89. The molecule has 0 heterocycles. The average Bonchev–Trinajstić information content (AvgIpc) is 2.89. The molecule has 0 aromatic heterocycles. The second-order valence-corrected chi connectivity index (χ2v) is 5.07. The molecule has 1 saturated carbocycles. The van der Waals surface area contributed by atoms with E-state index in [1.165, 1.54) is 25.7 Å². The molecule has 0 spiro atoms. The number of phenols is 1. The van der Waals surface area contributed by atoms with Gasteiger partial charge in [0, 0.05) is 12.2 Å². The summed E-state index contributed by atoms with van der Waals surface area (Å²) in [6, 6.07) is 6.71. The van der Waals surface area contributed by atoms with Crippen molar-refractivity contribution in [2.45, 2.75) is 25.7 Å². The minimum atomic E-state index is -0.0748. The van der Waals surface area contributed by atoms with Crippen molar-refractivity contribution in [1.29, 1.82) is 0 Å². The molecule has 2 rings (SSSR count). The highest BCUT2D eigenvalue weighted by atomic mass is 35.5. The van der Waals surface area contributed by atoms with Crippen LogP contribution in [0.15, 0.2) is 24.3 Å². The fraction of sp³-hybridized carbons (Fsp3) is 0.500. The van der Waals surface area contributed by atoms with Gasteiger partial charge in [-0.25, -0.2) is 0 Å². The highest BCUT2D eigenvalue weighted by Gasteiger charge is 2.22. The second-order valence-electron chi connectivity index (χ2n) is 4.80. The Morgan fingerprint density at radius 3 is 2.44 bits per heavy atom. The van der Waals surface area contributed by atoms with E-state index in [0.29, 0.717) is 5.92 Å². The highest BCUT2D eigenvalue weighted by molar-refractivity contribution is 6.29. The lowest BCUT2D eigenvalue weighted by atomic mass is 10.1. The molecular weight excluding hydrogens is 250 g/mol. The summed E-state index contributed by atoms with van der Waals surface area (Å²) >= 11 is 5.67. The first-order chi connectivity index (χ1) is 8.70. The summed E-state index contributed by atoms with van der Waals surface area (Å²) < 4.78 is 0. The van der Waals surface area contributed by atoms with E-state index in [9.17, 15) is 9.90 Å². The van der Waals surface area contributed by atoms with Crippen LogP contribution in [-0.4, -0.2) is 23.4 Å². The molecule has 1 aliphatic carbocycles. The minimum absolute atomic E-state index is 0.00635.